The van der Waals surface area contributed by atoms with Gasteiger partial charge in [0.1, 0.15) is 0 Å². The van der Waals surface area contributed by atoms with Crippen molar-refractivity contribution < 1.29 is 0 Å². The zero-order chi connectivity index (χ0) is 7.84. The van der Waals surface area contributed by atoms with Crippen LogP contribution in [0.2, 0.25) is 0 Å². The van der Waals surface area contributed by atoms with Crippen molar-refractivity contribution in [2.75, 3.05) is 6.54 Å². The Morgan fingerprint density at radius 1 is 1.64 bits per heavy atom. The molecule has 1 heterocycles. The molecule has 1 aliphatic heterocycles. The van der Waals surface area contributed by atoms with Gasteiger partial charge in [-0.1, -0.05) is 6.08 Å². The second kappa shape index (κ2) is 2.12. The summed E-state index contributed by atoms with van der Waals surface area (Å²) in [6, 6.07) is 0. The van der Waals surface area contributed by atoms with E-state index in [9.17, 15) is 0 Å². The topological polar surface area (TPSA) is 53.1 Å². The third-order valence-electron chi connectivity index (χ3n) is 2.22. The Kier molecular flexibility index (Phi) is 1.24. The molecule has 0 saturated heterocycles. The fourth-order valence-electron chi connectivity index (χ4n) is 1.66. The molecule has 0 amide bonds. The van der Waals surface area contributed by atoms with Gasteiger partial charge in [0.05, 0.1) is 0 Å². The quantitative estimate of drug-likeness (QED) is 0.395. The number of hydrogen-bond acceptors (Lipinski definition) is 1. The van der Waals surface area contributed by atoms with Gasteiger partial charge in [0.2, 0.25) is 0 Å². The lowest BCUT2D eigenvalue weighted by atomic mass is 10.2. The van der Waals surface area contributed by atoms with Gasteiger partial charge in [0.25, 0.3) is 0 Å². The largest absolute Gasteiger partial charge is 0.370 e. The SMILES string of the molecule is N=C(N)N1CCC2=C1C=CC2. The van der Waals surface area contributed by atoms with Gasteiger partial charge in [0, 0.05) is 12.2 Å². The highest BCUT2D eigenvalue weighted by atomic mass is 15.2. The number of guanidine groups is 1. The first-order chi connectivity index (χ1) is 5.29. The van der Waals surface area contributed by atoms with Gasteiger partial charge >= 0.3 is 0 Å². The highest BCUT2D eigenvalue weighted by Crippen LogP contribution is 2.30. The molecule has 11 heavy (non-hydrogen) atoms. The molecule has 3 N–H and O–H groups in total. The summed E-state index contributed by atoms with van der Waals surface area (Å²) in [6.07, 6.45) is 6.31. The molecule has 0 radical (unpaired) electrons. The minimum absolute atomic E-state index is 0.168. The van der Waals surface area contributed by atoms with E-state index >= 15 is 0 Å². The van der Waals surface area contributed by atoms with Crippen LogP contribution in [-0.2, 0) is 0 Å². The number of nitrogens with zero attached hydrogens (tertiary/aromatic N) is 1. The lowest BCUT2D eigenvalue weighted by molar-refractivity contribution is 0.563. The summed E-state index contributed by atoms with van der Waals surface area (Å²) in [4.78, 5) is 1.86. The average molecular weight is 149 g/mol. The van der Waals surface area contributed by atoms with Crippen LogP contribution in [0.4, 0.5) is 0 Å². The summed E-state index contributed by atoms with van der Waals surface area (Å²) in [5.74, 6) is 0.168. The summed E-state index contributed by atoms with van der Waals surface area (Å²) in [5, 5.41) is 7.28. The number of allylic oxidation sites excluding steroid dienone is 2. The monoisotopic (exact) mass is 149 g/mol. The molecule has 0 fully saturated rings. The normalized spacial score (nSPS) is 21.3. The summed E-state index contributed by atoms with van der Waals surface area (Å²) in [7, 11) is 0. The summed E-state index contributed by atoms with van der Waals surface area (Å²) in [5.41, 5.74) is 7.99. The average Bonchev–Trinajstić information content (AvgIpc) is 2.41. The minimum atomic E-state index is 0.168. The van der Waals surface area contributed by atoms with E-state index in [0.717, 1.165) is 25.1 Å². The third-order valence-corrected chi connectivity index (χ3v) is 2.22. The minimum Gasteiger partial charge on any atom is -0.370 e. The highest BCUT2D eigenvalue weighted by Gasteiger charge is 2.23. The second-order valence-corrected chi connectivity index (χ2v) is 2.88. The van der Waals surface area contributed by atoms with Crippen molar-refractivity contribution in [3.63, 3.8) is 0 Å². The van der Waals surface area contributed by atoms with E-state index in [0.29, 0.717) is 0 Å². The number of hydrogen-bond donors (Lipinski definition) is 2. The molecule has 0 aromatic rings. The molecule has 0 atom stereocenters. The molecule has 2 rings (SSSR count). The Labute approximate surface area is 65.7 Å². The second-order valence-electron chi connectivity index (χ2n) is 2.88. The fourth-order valence-corrected chi connectivity index (χ4v) is 1.66. The molecule has 0 aromatic carbocycles. The number of nitrogens with two attached hydrogens (primary N) is 1. The van der Waals surface area contributed by atoms with Gasteiger partial charge in [-0.25, -0.2) is 0 Å². The standard InChI is InChI=1S/C8H11N3/c9-8(10)11-5-4-6-2-1-3-7(6)11/h1,3H,2,4-5H2,(H3,9,10). The van der Waals surface area contributed by atoms with Crippen LogP contribution >= 0.6 is 0 Å². The van der Waals surface area contributed by atoms with E-state index in [1.165, 1.54) is 5.57 Å². The molecular weight excluding hydrogens is 138 g/mol. The van der Waals surface area contributed by atoms with Crippen molar-refractivity contribution in [1.82, 2.24) is 4.90 Å². The van der Waals surface area contributed by atoms with Crippen LogP contribution in [0.3, 0.4) is 0 Å². The summed E-state index contributed by atoms with van der Waals surface area (Å²) < 4.78 is 0. The molecule has 0 unspecified atom stereocenters. The molecule has 3 nitrogen and oxygen atoms in total. The molecule has 2 aliphatic rings. The van der Waals surface area contributed by atoms with Gasteiger partial charge < -0.3 is 10.6 Å². The van der Waals surface area contributed by atoms with Crippen LogP contribution in [0.5, 0.6) is 0 Å². The Bertz CT molecular complexity index is 263. The Balaban J connectivity index is 2.28. The molecule has 0 spiro atoms. The van der Waals surface area contributed by atoms with E-state index < -0.39 is 0 Å². The van der Waals surface area contributed by atoms with E-state index in [1.807, 2.05) is 4.90 Å². The first-order valence-electron chi connectivity index (χ1n) is 3.79. The van der Waals surface area contributed by atoms with Crippen LogP contribution in [0.25, 0.3) is 0 Å². The number of nitrogens with one attached hydrogen (secondary N) is 1. The molecule has 3 heteroatoms. The maximum absolute atomic E-state index is 7.28. The third kappa shape index (κ3) is 0.843. The van der Waals surface area contributed by atoms with Crippen molar-refractivity contribution in [3.8, 4) is 0 Å². The van der Waals surface area contributed by atoms with Crippen LogP contribution in [-0.4, -0.2) is 17.4 Å². The molecular formula is C8H11N3. The van der Waals surface area contributed by atoms with Gasteiger partial charge in [-0.05, 0) is 24.5 Å². The fraction of sp³-hybridized carbons (Fsp3) is 0.375. The molecule has 1 aliphatic carbocycles. The Hall–Kier alpha value is -1.25. The van der Waals surface area contributed by atoms with E-state index in [4.69, 9.17) is 11.1 Å². The van der Waals surface area contributed by atoms with Gasteiger partial charge in [-0.15, -0.1) is 0 Å². The molecule has 0 saturated carbocycles. The predicted molar refractivity (Wildman–Crippen MR) is 44.0 cm³/mol. The highest BCUT2D eigenvalue weighted by molar-refractivity contribution is 5.78. The van der Waals surface area contributed by atoms with Gasteiger partial charge in [-0.3, -0.25) is 5.41 Å². The maximum atomic E-state index is 7.28. The van der Waals surface area contributed by atoms with Gasteiger partial charge in [-0.2, -0.15) is 0 Å². The first kappa shape index (κ1) is 6.46. The van der Waals surface area contributed by atoms with E-state index in [1.54, 1.807) is 0 Å². The zero-order valence-corrected chi connectivity index (χ0v) is 6.30. The maximum Gasteiger partial charge on any atom is 0.192 e. The van der Waals surface area contributed by atoms with Crippen LogP contribution in [0.1, 0.15) is 12.8 Å². The van der Waals surface area contributed by atoms with Gasteiger partial charge in [0.15, 0.2) is 5.96 Å². The lowest BCUT2D eigenvalue weighted by Crippen LogP contribution is -2.33. The van der Waals surface area contributed by atoms with Crippen LogP contribution in [0.15, 0.2) is 23.4 Å². The van der Waals surface area contributed by atoms with Crippen LogP contribution in [0, 0.1) is 5.41 Å². The summed E-state index contributed by atoms with van der Waals surface area (Å²) >= 11 is 0. The van der Waals surface area contributed by atoms with E-state index in [-0.39, 0.29) is 5.96 Å². The summed E-state index contributed by atoms with van der Waals surface area (Å²) in [6.45, 7) is 0.893. The lowest BCUT2D eigenvalue weighted by Gasteiger charge is -2.16. The predicted octanol–water partition coefficient (Wildman–Crippen LogP) is 0.800. The molecule has 0 bridgehead atoms. The Morgan fingerprint density at radius 3 is 3.18 bits per heavy atom. The van der Waals surface area contributed by atoms with Crippen molar-refractivity contribution in [3.05, 3.63) is 23.4 Å². The number of rotatable bonds is 0. The van der Waals surface area contributed by atoms with Crippen molar-refractivity contribution >= 4 is 5.96 Å². The van der Waals surface area contributed by atoms with E-state index in [2.05, 4.69) is 12.2 Å². The first-order valence-corrected chi connectivity index (χ1v) is 3.79. The Morgan fingerprint density at radius 2 is 2.45 bits per heavy atom. The van der Waals surface area contributed by atoms with Crippen molar-refractivity contribution in [2.24, 2.45) is 5.73 Å². The van der Waals surface area contributed by atoms with Crippen LogP contribution < -0.4 is 5.73 Å². The molecule has 0 aromatic heterocycles. The van der Waals surface area contributed by atoms with Crippen molar-refractivity contribution in [1.29, 1.82) is 5.41 Å². The zero-order valence-electron chi connectivity index (χ0n) is 6.30. The van der Waals surface area contributed by atoms with Crippen molar-refractivity contribution in [2.45, 2.75) is 12.8 Å². The molecule has 58 valence electrons. The smallest absolute Gasteiger partial charge is 0.192 e.